The van der Waals surface area contributed by atoms with Crippen LogP contribution >= 0.6 is 0 Å². The van der Waals surface area contributed by atoms with Crippen molar-refractivity contribution in [3.8, 4) is 0 Å². The lowest BCUT2D eigenvalue weighted by atomic mass is 9.95. The minimum absolute atomic E-state index is 0.0476. The number of nitrogens with zero attached hydrogens (tertiary/aromatic N) is 3. The van der Waals surface area contributed by atoms with Crippen molar-refractivity contribution < 1.29 is 14.0 Å². The first-order chi connectivity index (χ1) is 15.6. The van der Waals surface area contributed by atoms with Crippen molar-refractivity contribution in [2.75, 3.05) is 6.54 Å². The van der Waals surface area contributed by atoms with Gasteiger partial charge in [-0.2, -0.15) is 0 Å². The third-order valence-electron chi connectivity index (χ3n) is 6.17. The molecule has 6 nitrogen and oxygen atoms in total. The highest BCUT2D eigenvalue weighted by molar-refractivity contribution is 5.89. The molecule has 1 aromatic carbocycles. The molecule has 0 radical (unpaired) electrons. The molecular weight excluding hydrogens is 402 g/mol. The van der Waals surface area contributed by atoms with E-state index in [0.29, 0.717) is 19.5 Å². The van der Waals surface area contributed by atoms with E-state index in [1.165, 1.54) is 0 Å². The quantitative estimate of drug-likeness (QED) is 0.478. The van der Waals surface area contributed by atoms with Gasteiger partial charge in [-0.1, -0.05) is 37.3 Å². The van der Waals surface area contributed by atoms with Gasteiger partial charge in [-0.15, -0.1) is 0 Å². The van der Waals surface area contributed by atoms with E-state index in [4.69, 9.17) is 4.42 Å². The van der Waals surface area contributed by atoms with Crippen LogP contribution in [0.4, 0.5) is 0 Å². The molecular formula is C26H31N3O3. The second kappa shape index (κ2) is 9.90. The van der Waals surface area contributed by atoms with Gasteiger partial charge >= 0.3 is 0 Å². The van der Waals surface area contributed by atoms with Crippen molar-refractivity contribution in [3.05, 3.63) is 84.1 Å². The molecule has 1 aliphatic carbocycles. The number of hydrogen-bond acceptors (Lipinski definition) is 3. The second-order valence-corrected chi connectivity index (χ2v) is 8.51. The van der Waals surface area contributed by atoms with E-state index in [1.54, 1.807) is 11.2 Å². The summed E-state index contributed by atoms with van der Waals surface area (Å²) in [7, 11) is 1.97. The summed E-state index contributed by atoms with van der Waals surface area (Å²) in [6.45, 7) is 2.96. The van der Waals surface area contributed by atoms with Crippen molar-refractivity contribution in [2.45, 2.75) is 51.2 Å². The van der Waals surface area contributed by atoms with E-state index in [2.05, 4.69) is 0 Å². The van der Waals surface area contributed by atoms with Crippen LogP contribution in [0.5, 0.6) is 0 Å². The highest BCUT2D eigenvalue weighted by Gasteiger charge is 2.37. The van der Waals surface area contributed by atoms with Gasteiger partial charge in [-0.05, 0) is 49.1 Å². The van der Waals surface area contributed by atoms with Crippen molar-refractivity contribution >= 4 is 11.8 Å². The maximum atomic E-state index is 13.5. The minimum atomic E-state index is -0.226. The molecule has 3 aromatic rings. The lowest BCUT2D eigenvalue weighted by Gasteiger charge is -2.30. The van der Waals surface area contributed by atoms with Gasteiger partial charge in [0.05, 0.1) is 25.3 Å². The number of rotatable bonds is 10. The molecule has 0 bridgehead atoms. The van der Waals surface area contributed by atoms with Crippen LogP contribution in [0.15, 0.2) is 71.5 Å². The molecule has 2 heterocycles. The summed E-state index contributed by atoms with van der Waals surface area (Å²) in [5.74, 6) is 0.487. The molecule has 1 aliphatic rings. The Kier molecular flexibility index (Phi) is 6.78. The van der Waals surface area contributed by atoms with Crippen molar-refractivity contribution in [1.82, 2.24) is 14.4 Å². The Balaban J connectivity index is 1.52. The Morgan fingerprint density at radius 3 is 2.44 bits per heavy atom. The molecule has 1 atom stereocenters. The smallest absolute Gasteiger partial charge is 0.242 e. The summed E-state index contributed by atoms with van der Waals surface area (Å²) in [5, 5.41) is 0. The van der Waals surface area contributed by atoms with Gasteiger partial charge < -0.3 is 18.8 Å². The molecule has 2 aromatic heterocycles. The first-order valence-corrected chi connectivity index (χ1v) is 11.3. The van der Waals surface area contributed by atoms with Crippen LogP contribution < -0.4 is 0 Å². The normalized spacial score (nSPS) is 14.2. The van der Waals surface area contributed by atoms with Crippen LogP contribution in [0, 0.1) is 0 Å². The molecule has 1 unspecified atom stereocenters. The number of aryl methyl sites for hydroxylation is 1. The van der Waals surface area contributed by atoms with E-state index < -0.39 is 0 Å². The number of aromatic nitrogens is 1. The Labute approximate surface area is 189 Å². The van der Waals surface area contributed by atoms with Gasteiger partial charge in [0, 0.05) is 25.0 Å². The number of hydrogen-bond donors (Lipinski definition) is 0. The van der Waals surface area contributed by atoms with Crippen molar-refractivity contribution in [2.24, 2.45) is 7.05 Å². The first-order valence-electron chi connectivity index (χ1n) is 11.3. The topological polar surface area (TPSA) is 58.7 Å². The fraction of sp³-hybridized carbons (Fsp3) is 0.385. The van der Waals surface area contributed by atoms with Crippen LogP contribution in [0.1, 0.15) is 49.1 Å². The molecule has 6 heteroatoms. The fourth-order valence-electron chi connectivity index (χ4n) is 4.14. The average molecular weight is 434 g/mol. The molecule has 1 fully saturated rings. The summed E-state index contributed by atoms with van der Waals surface area (Å²) in [6.07, 6.45) is 6.21. The number of amides is 2. The predicted molar refractivity (Wildman–Crippen MR) is 123 cm³/mol. The Morgan fingerprint density at radius 1 is 1.06 bits per heavy atom. The van der Waals surface area contributed by atoms with Crippen LogP contribution in [-0.4, -0.2) is 38.8 Å². The predicted octanol–water partition coefficient (Wildman–Crippen LogP) is 4.33. The molecule has 32 heavy (non-hydrogen) atoms. The minimum Gasteiger partial charge on any atom is -0.467 e. The summed E-state index contributed by atoms with van der Waals surface area (Å²) in [5.41, 5.74) is 2.04. The lowest BCUT2D eigenvalue weighted by molar-refractivity contribution is -0.142. The van der Waals surface area contributed by atoms with Gasteiger partial charge in [-0.3, -0.25) is 9.59 Å². The number of benzene rings is 1. The molecule has 168 valence electrons. The Morgan fingerprint density at radius 2 is 1.84 bits per heavy atom. The zero-order valence-corrected chi connectivity index (χ0v) is 18.8. The third kappa shape index (κ3) is 5.13. The number of carbonyl (C=O) groups excluding carboxylic acids is 2. The van der Waals surface area contributed by atoms with E-state index in [9.17, 15) is 9.59 Å². The summed E-state index contributed by atoms with van der Waals surface area (Å²) in [6, 6.07) is 17.7. The molecule has 1 saturated carbocycles. The van der Waals surface area contributed by atoms with Crippen LogP contribution in [0.2, 0.25) is 0 Å². The summed E-state index contributed by atoms with van der Waals surface area (Å²) < 4.78 is 7.52. The van der Waals surface area contributed by atoms with Gasteiger partial charge in [0.15, 0.2) is 0 Å². The second-order valence-electron chi connectivity index (χ2n) is 8.51. The summed E-state index contributed by atoms with van der Waals surface area (Å²) in [4.78, 5) is 30.6. The molecule has 0 aliphatic heterocycles. The van der Waals surface area contributed by atoms with E-state index in [-0.39, 0.29) is 30.3 Å². The molecule has 4 rings (SSSR count). The largest absolute Gasteiger partial charge is 0.467 e. The maximum Gasteiger partial charge on any atom is 0.242 e. The van der Waals surface area contributed by atoms with Gasteiger partial charge in [0.2, 0.25) is 11.8 Å². The van der Waals surface area contributed by atoms with Crippen LogP contribution in [0.3, 0.4) is 0 Å². The highest BCUT2D eigenvalue weighted by atomic mass is 16.3. The SMILES string of the molecule is CCC(C(=O)N(CC(=O)N(Cc1ccco1)Cc1cccn1C)C1CC1)c1ccccc1. The average Bonchev–Trinajstić information content (AvgIpc) is 3.36. The van der Waals surface area contributed by atoms with Gasteiger partial charge in [0.25, 0.3) is 0 Å². The van der Waals surface area contributed by atoms with Gasteiger partial charge in [-0.25, -0.2) is 0 Å². The van der Waals surface area contributed by atoms with E-state index in [0.717, 1.165) is 29.9 Å². The molecule has 2 amide bonds. The van der Waals surface area contributed by atoms with Crippen molar-refractivity contribution in [1.29, 1.82) is 0 Å². The molecule has 0 saturated heterocycles. The Bertz CT molecular complexity index is 1020. The third-order valence-corrected chi connectivity index (χ3v) is 6.17. The maximum absolute atomic E-state index is 13.5. The summed E-state index contributed by atoms with van der Waals surface area (Å²) >= 11 is 0. The highest BCUT2D eigenvalue weighted by Crippen LogP contribution is 2.31. The van der Waals surface area contributed by atoms with Crippen LogP contribution in [-0.2, 0) is 29.7 Å². The number of carbonyl (C=O) groups is 2. The fourth-order valence-corrected chi connectivity index (χ4v) is 4.14. The zero-order valence-electron chi connectivity index (χ0n) is 18.8. The van der Waals surface area contributed by atoms with Gasteiger partial charge in [0.1, 0.15) is 12.3 Å². The number of furan rings is 1. The molecule has 0 N–H and O–H groups in total. The zero-order chi connectivity index (χ0) is 22.5. The first kappa shape index (κ1) is 21.9. The lowest BCUT2D eigenvalue weighted by Crippen LogP contribution is -2.45. The standard InChI is InChI=1S/C26H31N3O3/c1-3-24(20-9-5-4-6-10-20)26(31)29(21-13-14-21)19-25(30)28(18-23-12-8-16-32-23)17-22-11-7-15-27(22)2/h4-12,15-16,21,24H,3,13-14,17-19H2,1-2H3. The van der Waals surface area contributed by atoms with Crippen molar-refractivity contribution in [3.63, 3.8) is 0 Å². The van der Waals surface area contributed by atoms with Crippen LogP contribution in [0.25, 0.3) is 0 Å². The van der Waals surface area contributed by atoms with E-state index in [1.807, 2.05) is 84.2 Å². The monoisotopic (exact) mass is 433 g/mol. The molecule has 0 spiro atoms. The van der Waals surface area contributed by atoms with E-state index >= 15 is 0 Å². The Hall–Kier alpha value is -3.28.